The molecule has 0 spiro atoms. The maximum absolute atomic E-state index is 13.1. The summed E-state index contributed by atoms with van der Waals surface area (Å²) < 4.78 is 44.8. The summed E-state index contributed by atoms with van der Waals surface area (Å²) in [6.45, 7) is 2.40. The van der Waals surface area contributed by atoms with Crippen LogP contribution in [-0.4, -0.2) is 52.3 Å². The fourth-order valence-electron chi connectivity index (χ4n) is 4.36. The van der Waals surface area contributed by atoms with Crippen molar-refractivity contribution in [2.75, 3.05) is 19.7 Å². The highest BCUT2D eigenvalue weighted by atomic mass is 19.4. The van der Waals surface area contributed by atoms with Gasteiger partial charge in [-0.05, 0) is 44.0 Å². The SMILES string of the molecule is CC1C(C(=O)O)=CC=CC1(C(=O)O)N1CCC(COc2ccccc2C(F)(F)F)CC1. The van der Waals surface area contributed by atoms with Crippen molar-refractivity contribution in [2.24, 2.45) is 11.8 Å². The van der Waals surface area contributed by atoms with E-state index in [0.29, 0.717) is 25.9 Å². The van der Waals surface area contributed by atoms with Crippen LogP contribution in [0, 0.1) is 11.8 Å². The van der Waals surface area contributed by atoms with Crippen molar-refractivity contribution < 1.29 is 37.7 Å². The molecule has 1 saturated heterocycles. The van der Waals surface area contributed by atoms with Crippen molar-refractivity contribution >= 4 is 11.9 Å². The second-order valence-electron chi connectivity index (χ2n) is 7.87. The second kappa shape index (κ2) is 8.74. The molecule has 9 heteroatoms. The quantitative estimate of drug-likeness (QED) is 0.701. The highest BCUT2D eigenvalue weighted by Gasteiger charge is 2.51. The first kappa shape index (κ1) is 22.9. The summed E-state index contributed by atoms with van der Waals surface area (Å²) in [5.41, 5.74) is -2.28. The Bertz CT molecular complexity index is 903. The minimum atomic E-state index is -4.51. The molecule has 2 N–H and O–H groups in total. The number of nitrogens with zero attached hydrogens (tertiary/aromatic N) is 1. The molecule has 3 rings (SSSR count). The predicted octanol–water partition coefficient (Wildman–Crippen LogP) is 3.84. The number of carboxylic acid groups (broad SMARTS) is 2. The molecule has 0 bridgehead atoms. The van der Waals surface area contributed by atoms with Crippen LogP contribution < -0.4 is 4.74 Å². The zero-order chi connectivity index (χ0) is 22.8. The predicted molar refractivity (Wildman–Crippen MR) is 106 cm³/mol. The highest BCUT2D eigenvalue weighted by Crippen LogP contribution is 2.39. The second-order valence-corrected chi connectivity index (χ2v) is 7.87. The molecule has 168 valence electrons. The van der Waals surface area contributed by atoms with Crippen LogP contribution in [0.1, 0.15) is 25.3 Å². The molecule has 1 aliphatic carbocycles. The number of allylic oxidation sites excluding steroid dienone is 2. The third kappa shape index (κ3) is 4.46. The number of benzene rings is 1. The smallest absolute Gasteiger partial charge is 0.419 e. The lowest BCUT2D eigenvalue weighted by Gasteiger charge is -2.46. The van der Waals surface area contributed by atoms with Crippen LogP contribution in [0.4, 0.5) is 13.2 Å². The van der Waals surface area contributed by atoms with Gasteiger partial charge in [0.1, 0.15) is 11.3 Å². The van der Waals surface area contributed by atoms with Gasteiger partial charge in [-0.2, -0.15) is 13.2 Å². The largest absolute Gasteiger partial charge is 0.493 e. The number of halogens is 3. The number of hydrogen-bond acceptors (Lipinski definition) is 4. The van der Waals surface area contributed by atoms with Gasteiger partial charge in [0.05, 0.1) is 12.2 Å². The Morgan fingerprint density at radius 3 is 2.42 bits per heavy atom. The molecule has 1 aliphatic heterocycles. The van der Waals surface area contributed by atoms with Gasteiger partial charge >= 0.3 is 18.1 Å². The number of carbonyl (C=O) groups is 2. The monoisotopic (exact) mass is 439 g/mol. The first-order valence-corrected chi connectivity index (χ1v) is 9.97. The van der Waals surface area contributed by atoms with Gasteiger partial charge in [-0.25, -0.2) is 9.59 Å². The van der Waals surface area contributed by atoms with Crippen molar-refractivity contribution in [2.45, 2.75) is 31.5 Å². The van der Waals surface area contributed by atoms with Crippen LogP contribution in [0.25, 0.3) is 0 Å². The number of piperidine rings is 1. The van der Waals surface area contributed by atoms with E-state index in [9.17, 15) is 33.0 Å². The van der Waals surface area contributed by atoms with Crippen LogP contribution in [-0.2, 0) is 15.8 Å². The van der Waals surface area contributed by atoms with Crippen LogP contribution in [0.2, 0.25) is 0 Å². The number of alkyl halides is 3. The van der Waals surface area contributed by atoms with Crippen molar-refractivity contribution in [1.82, 2.24) is 4.90 Å². The van der Waals surface area contributed by atoms with E-state index in [1.54, 1.807) is 11.8 Å². The summed E-state index contributed by atoms with van der Waals surface area (Å²) >= 11 is 0. The van der Waals surface area contributed by atoms with E-state index < -0.39 is 35.1 Å². The summed E-state index contributed by atoms with van der Waals surface area (Å²) in [6.07, 6.45) is 0.926. The summed E-state index contributed by atoms with van der Waals surface area (Å²) in [4.78, 5) is 25.5. The molecule has 2 aliphatic rings. The molecule has 2 atom stereocenters. The topological polar surface area (TPSA) is 87.1 Å². The van der Waals surface area contributed by atoms with Crippen molar-refractivity contribution in [3.05, 3.63) is 53.6 Å². The van der Waals surface area contributed by atoms with Crippen LogP contribution in [0.3, 0.4) is 0 Å². The van der Waals surface area contributed by atoms with Gasteiger partial charge in [0.25, 0.3) is 0 Å². The summed E-state index contributed by atoms with van der Waals surface area (Å²) in [5, 5.41) is 19.4. The van der Waals surface area contributed by atoms with E-state index in [0.717, 1.165) is 6.07 Å². The Morgan fingerprint density at radius 2 is 1.84 bits per heavy atom. The number of ether oxygens (including phenoxy) is 1. The standard InChI is InChI=1S/C22H24F3NO5/c1-14-16(19(27)28)5-4-10-21(14,20(29)30)26-11-8-15(9-12-26)13-31-18-7-3-2-6-17(18)22(23,24)25/h2-7,10,14-15H,8-9,11-13H2,1H3,(H,27,28)(H,29,30). The summed E-state index contributed by atoms with van der Waals surface area (Å²) in [7, 11) is 0. The first-order chi connectivity index (χ1) is 14.6. The lowest BCUT2D eigenvalue weighted by atomic mass is 9.74. The average Bonchev–Trinajstić information content (AvgIpc) is 2.72. The van der Waals surface area contributed by atoms with Crippen molar-refractivity contribution in [3.8, 4) is 5.75 Å². The number of carboxylic acids is 2. The highest BCUT2D eigenvalue weighted by molar-refractivity contribution is 5.92. The van der Waals surface area contributed by atoms with Crippen LogP contribution in [0.15, 0.2) is 48.1 Å². The van der Waals surface area contributed by atoms with Gasteiger partial charge < -0.3 is 14.9 Å². The molecule has 31 heavy (non-hydrogen) atoms. The molecular formula is C22H24F3NO5. The van der Waals surface area contributed by atoms with Gasteiger partial charge in [0.2, 0.25) is 0 Å². The lowest BCUT2D eigenvalue weighted by molar-refractivity contribution is -0.152. The molecular weight excluding hydrogens is 415 g/mol. The molecule has 0 amide bonds. The van der Waals surface area contributed by atoms with Crippen molar-refractivity contribution in [1.29, 1.82) is 0 Å². The van der Waals surface area contributed by atoms with Crippen LogP contribution >= 0.6 is 0 Å². The normalized spacial score (nSPS) is 25.2. The number of hydrogen-bond donors (Lipinski definition) is 2. The maximum Gasteiger partial charge on any atom is 0.419 e. The molecule has 2 unspecified atom stereocenters. The first-order valence-electron chi connectivity index (χ1n) is 9.97. The summed E-state index contributed by atoms with van der Waals surface area (Å²) in [5.74, 6) is -3.31. The number of rotatable bonds is 6. The Morgan fingerprint density at radius 1 is 1.19 bits per heavy atom. The number of likely N-dealkylation sites (tertiary alicyclic amines) is 1. The molecule has 1 aromatic carbocycles. The minimum Gasteiger partial charge on any atom is -0.493 e. The van der Waals surface area contributed by atoms with Gasteiger partial charge in [-0.1, -0.05) is 37.3 Å². The zero-order valence-electron chi connectivity index (χ0n) is 16.9. The molecule has 1 aromatic rings. The van der Waals surface area contributed by atoms with Gasteiger partial charge in [0, 0.05) is 11.5 Å². The minimum absolute atomic E-state index is 0.0270. The lowest BCUT2D eigenvalue weighted by Crippen LogP contribution is -2.61. The molecule has 6 nitrogen and oxygen atoms in total. The Balaban J connectivity index is 1.67. The van der Waals surface area contributed by atoms with E-state index in [1.165, 1.54) is 36.4 Å². The Hall–Kier alpha value is -2.81. The Labute approximate surface area is 177 Å². The molecule has 1 heterocycles. The van der Waals surface area contributed by atoms with E-state index in [1.807, 2.05) is 0 Å². The van der Waals surface area contributed by atoms with E-state index in [2.05, 4.69) is 0 Å². The number of para-hydroxylation sites is 1. The van der Waals surface area contributed by atoms with Crippen LogP contribution in [0.5, 0.6) is 5.75 Å². The number of aliphatic carboxylic acids is 2. The maximum atomic E-state index is 13.1. The average molecular weight is 439 g/mol. The van der Waals surface area contributed by atoms with Crippen molar-refractivity contribution in [3.63, 3.8) is 0 Å². The molecule has 0 saturated carbocycles. The Kier molecular flexibility index (Phi) is 6.45. The van der Waals surface area contributed by atoms with E-state index >= 15 is 0 Å². The zero-order valence-corrected chi connectivity index (χ0v) is 16.9. The summed E-state index contributed by atoms with van der Waals surface area (Å²) in [6, 6.07) is 5.04. The molecule has 1 fully saturated rings. The third-order valence-electron chi connectivity index (χ3n) is 6.15. The van der Waals surface area contributed by atoms with E-state index in [-0.39, 0.29) is 23.8 Å². The fraction of sp³-hybridized carbons (Fsp3) is 0.455. The van der Waals surface area contributed by atoms with E-state index in [4.69, 9.17) is 4.74 Å². The van der Waals surface area contributed by atoms with Gasteiger partial charge in [-0.3, -0.25) is 4.90 Å². The fourth-order valence-corrected chi connectivity index (χ4v) is 4.36. The van der Waals surface area contributed by atoms with Gasteiger partial charge in [0.15, 0.2) is 0 Å². The van der Waals surface area contributed by atoms with Gasteiger partial charge in [-0.15, -0.1) is 0 Å². The third-order valence-corrected chi connectivity index (χ3v) is 6.15. The molecule has 0 aromatic heterocycles. The molecule has 0 radical (unpaired) electrons.